The number of nitrogens with zero attached hydrogens (tertiary/aromatic N) is 2. The summed E-state index contributed by atoms with van der Waals surface area (Å²) in [5, 5.41) is 0. The maximum Gasteiger partial charge on any atom is 0.338 e. The Balaban J connectivity index is 1.57. The molecule has 2 aromatic heterocycles. The van der Waals surface area contributed by atoms with Gasteiger partial charge in [0.2, 0.25) is 0 Å². The lowest BCUT2D eigenvalue weighted by molar-refractivity contribution is -0.138. The number of esters is 1. The van der Waals surface area contributed by atoms with Gasteiger partial charge in [0, 0.05) is 21.7 Å². The van der Waals surface area contributed by atoms with Crippen molar-refractivity contribution < 1.29 is 18.7 Å². The number of halogens is 1. The molecule has 0 spiro atoms. The summed E-state index contributed by atoms with van der Waals surface area (Å²) in [5.74, 6) is 1.27. The molecule has 0 amide bonds. The van der Waals surface area contributed by atoms with Crippen LogP contribution < -0.4 is 19.6 Å². The number of fused-ring (bicyclic) bond motifs is 1. The molecule has 0 fully saturated rings. The maximum atomic E-state index is 14.1. The second kappa shape index (κ2) is 12.0. The van der Waals surface area contributed by atoms with Gasteiger partial charge in [0.05, 0.1) is 35.6 Å². The third-order valence-corrected chi connectivity index (χ3v) is 8.71. The van der Waals surface area contributed by atoms with Crippen LogP contribution >= 0.6 is 27.3 Å². The Labute approximate surface area is 260 Å². The van der Waals surface area contributed by atoms with Crippen molar-refractivity contribution in [3.05, 3.63) is 137 Å². The van der Waals surface area contributed by atoms with Crippen molar-refractivity contribution in [2.24, 2.45) is 4.99 Å². The number of thiazole rings is 1. The summed E-state index contributed by atoms with van der Waals surface area (Å²) in [7, 11) is 1.58. The SMILES string of the molecule is CCOC(=O)C1=C(c2ccccc2)N=c2s/c(=C\c3ccc(-c4ccc(C)cc4Br)o3)c(=O)n2[C@@H]1c1cccc(OC)c1. The molecule has 0 saturated heterocycles. The van der Waals surface area contributed by atoms with Crippen LogP contribution in [0.4, 0.5) is 0 Å². The number of carbonyl (C=O) groups excluding carboxylic acids is 1. The lowest BCUT2D eigenvalue weighted by Crippen LogP contribution is -2.40. The molecule has 0 saturated carbocycles. The van der Waals surface area contributed by atoms with E-state index >= 15 is 0 Å². The van der Waals surface area contributed by atoms with E-state index in [0.717, 1.165) is 21.2 Å². The van der Waals surface area contributed by atoms with Gasteiger partial charge in [-0.1, -0.05) is 75.8 Å². The summed E-state index contributed by atoms with van der Waals surface area (Å²) in [5.41, 5.74) is 3.94. The Kier molecular flexibility index (Phi) is 8.01. The van der Waals surface area contributed by atoms with Crippen LogP contribution in [0.15, 0.2) is 109 Å². The summed E-state index contributed by atoms with van der Waals surface area (Å²) in [6.45, 7) is 3.96. The lowest BCUT2D eigenvalue weighted by Gasteiger charge is -2.26. The number of carbonyl (C=O) groups is 1. The lowest BCUT2D eigenvalue weighted by atomic mass is 9.93. The number of hydrogen-bond acceptors (Lipinski definition) is 7. The van der Waals surface area contributed by atoms with Crippen LogP contribution in [0, 0.1) is 6.92 Å². The molecule has 9 heteroatoms. The normalized spacial score (nSPS) is 14.8. The van der Waals surface area contributed by atoms with Crippen molar-refractivity contribution in [2.75, 3.05) is 13.7 Å². The van der Waals surface area contributed by atoms with E-state index in [0.29, 0.717) is 37.9 Å². The topological polar surface area (TPSA) is 83.0 Å². The van der Waals surface area contributed by atoms with E-state index in [1.165, 1.54) is 11.3 Å². The maximum absolute atomic E-state index is 14.1. The minimum atomic E-state index is -0.793. The van der Waals surface area contributed by atoms with Crippen molar-refractivity contribution >= 4 is 45.0 Å². The minimum absolute atomic E-state index is 0.178. The number of methoxy groups -OCH3 is 1. The quantitative estimate of drug-likeness (QED) is 0.193. The van der Waals surface area contributed by atoms with Crippen LogP contribution in [0.2, 0.25) is 0 Å². The predicted octanol–water partition coefficient (Wildman–Crippen LogP) is 6.28. The molecule has 1 atom stereocenters. The molecular weight excluding hydrogens is 628 g/mol. The highest BCUT2D eigenvalue weighted by Crippen LogP contribution is 2.36. The van der Waals surface area contributed by atoms with Crippen LogP contribution in [-0.4, -0.2) is 24.3 Å². The Morgan fingerprint density at radius 3 is 2.63 bits per heavy atom. The molecule has 6 rings (SSSR count). The predicted molar refractivity (Wildman–Crippen MR) is 171 cm³/mol. The van der Waals surface area contributed by atoms with Crippen LogP contribution in [-0.2, 0) is 9.53 Å². The van der Waals surface area contributed by atoms with E-state index in [1.807, 2.05) is 91.9 Å². The average Bonchev–Trinajstić information content (AvgIpc) is 3.60. The monoisotopic (exact) mass is 654 g/mol. The highest BCUT2D eigenvalue weighted by atomic mass is 79.9. The zero-order chi connectivity index (χ0) is 30.1. The van der Waals surface area contributed by atoms with Crippen molar-refractivity contribution in [1.82, 2.24) is 4.57 Å². The third-order valence-electron chi connectivity index (χ3n) is 7.07. The van der Waals surface area contributed by atoms with Crippen LogP contribution in [0.5, 0.6) is 5.75 Å². The zero-order valence-electron chi connectivity index (χ0n) is 23.7. The van der Waals surface area contributed by atoms with E-state index in [-0.39, 0.29) is 17.7 Å². The number of rotatable bonds is 7. The second-order valence-corrected chi connectivity index (χ2v) is 11.8. The zero-order valence-corrected chi connectivity index (χ0v) is 26.1. The summed E-state index contributed by atoms with van der Waals surface area (Å²) in [4.78, 5) is 33.1. The molecule has 1 aliphatic rings. The van der Waals surface area contributed by atoms with Crippen molar-refractivity contribution in [3.63, 3.8) is 0 Å². The molecule has 5 aromatic rings. The molecule has 7 nitrogen and oxygen atoms in total. The number of benzene rings is 3. The van der Waals surface area contributed by atoms with E-state index in [1.54, 1.807) is 24.7 Å². The van der Waals surface area contributed by atoms with E-state index < -0.39 is 12.0 Å². The second-order valence-electron chi connectivity index (χ2n) is 9.89. The fourth-order valence-electron chi connectivity index (χ4n) is 5.09. The number of aromatic nitrogens is 1. The first-order chi connectivity index (χ1) is 20.9. The van der Waals surface area contributed by atoms with Crippen molar-refractivity contribution in [1.29, 1.82) is 0 Å². The first kappa shape index (κ1) is 28.6. The molecule has 0 bridgehead atoms. The van der Waals surface area contributed by atoms with E-state index in [4.69, 9.17) is 18.9 Å². The van der Waals surface area contributed by atoms with Gasteiger partial charge < -0.3 is 13.9 Å². The standard InChI is InChI=1S/C34H27BrN2O5S/c1-4-41-33(39)29-30(21-9-6-5-7-10-21)36-34-37(31(29)22-11-8-12-23(18-22)40-3)32(38)28(43-34)19-24-14-16-27(42-24)25-15-13-20(2)17-26(25)35/h5-19,31H,4H2,1-3H3/b28-19-/t31-/m1/s1. The van der Waals surface area contributed by atoms with Gasteiger partial charge in [0.25, 0.3) is 5.56 Å². The van der Waals surface area contributed by atoms with Crippen LogP contribution in [0.3, 0.4) is 0 Å². The number of aryl methyl sites for hydroxylation is 1. The fourth-order valence-corrected chi connectivity index (χ4v) is 6.76. The summed E-state index contributed by atoms with van der Waals surface area (Å²) < 4.78 is 20.1. The highest BCUT2D eigenvalue weighted by Gasteiger charge is 2.35. The van der Waals surface area contributed by atoms with Gasteiger partial charge in [-0.25, -0.2) is 9.79 Å². The number of hydrogen-bond donors (Lipinski definition) is 0. The minimum Gasteiger partial charge on any atom is -0.497 e. The molecule has 0 radical (unpaired) electrons. The van der Waals surface area contributed by atoms with Crippen LogP contribution in [0.25, 0.3) is 23.1 Å². The van der Waals surface area contributed by atoms with E-state index in [2.05, 4.69) is 15.9 Å². The Morgan fingerprint density at radius 2 is 1.88 bits per heavy atom. The molecule has 0 N–H and O–H groups in total. The molecule has 3 heterocycles. The first-order valence-electron chi connectivity index (χ1n) is 13.7. The Morgan fingerprint density at radius 1 is 1.07 bits per heavy atom. The number of ether oxygens (including phenoxy) is 2. The highest BCUT2D eigenvalue weighted by molar-refractivity contribution is 9.10. The molecule has 216 valence electrons. The largest absolute Gasteiger partial charge is 0.497 e. The fraction of sp³-hybridized carbons (Fsp3) is 0.147. The van der Waals surface area contributed by atoms with Gasteiger partial charge in [0.1, 0.15) is 17.3 Å². The molecule has 3 aromatic carbocycles. The molecule has 0 unspecified atom stereocenters. The summed E-state index contributed by atoms with van der Waals surface area (Å²) >= 11 is 4.86. The van der Waals surface area contributed by atoms with Crippen LogP contribution in [0.1, 0.15) is 35.4 Å². The van der Waals surface area contributed by atoms with Crippen molar-refractivity contribution in [3.8, 4) is 17.1 Å². The van der Waals surface area contributed by atoms with Crippen molar-refractivity contribution in [2.45, 2.75) is 19.9 Å². The van der Waals surface area contributed by atoms with Gasteiger partial charge in [-0.05, 0) is 61.4 Å². The van der Waals surface area contributed by atoms with Gasteiger partial charge in [0.15, 0.2) is 4.80 Å². The summed E-state index contributed by atoms with van der Waals surface area (Å²) in [6.07, 6.45) is 1.72. The molecular formula is C34H27BrN2O5S. The Hall–Kier alpha value is -4.47. The van der Waals surface area contributed by atoms with Gasteiger partial charge in [-0.3, -0.25) is 9.36 Å². The average molecular weight is 656 g/mol. The number of furan rings is 1. The first-order valence-corrected chi connectivity index (χ1v) is 15.3. The molecule has 1 aliphatic heterocycles. The third kappa shape index (κ3) is 5.53. The molecule has 0 aliphatic carbocycles. The summed E-state index contributed by atoms with van der Waals surface area (Å²) in [6, 6.07) is 25.8. The van der Waals surface area contributed by atoms with Gasteiger partial charge in [-0.2, -0.15) is 0 Å². The van der Waals surface area contributed by atoms with Gasteiger partial charge >= 0.3 is 5.97 Å². The smallest absolute Gasteiger partial charge is 0.338 e. The van der Waals surface area contributed by atoms with E-state index in [9.17, 15) is 9.59 Å². The van der Waals surface area contributed by atoms with Gasteiger partial charge in [-0.15, -0.1) is 0 Å². The molecule has 43 heavy (non-hydrogen) atoms. The Bertz CT molecular complexity index is 2060.